The maximum Gasteiger partial charge on any atom is 0.176 e. The maximum atomic E-state index is 4.67. The minimum Gasteiger partial charge on any atom is -0.370 e. The van der Waals surface area contributed by atoms with Crippen molar-refractivity contribution in [3.05, 3.63) is 17.7 Å². The Morgan fingerprint density at radius 3 is 2.75 bits per heavy atom. The summed E-state index contributed by atoms with van der Waals surface area (Å²) in [5.41, 5.74) is 1.07. The van der Waals surface area contributed by atoms with Gasteiger partial charge in [0.15, 0.2) is 4.34 Å². The molecule has 0 fully saturated rings. The van der Waals surface area contributed by atoms with Gasteiger partial charge < -0.3 is 5.32 Å². The van der Waals surface area contributed by atoms with E-state index in [4.69, 9.17) is 0 Å². The van der Waals surface area contributed by atoms with Crippen LogP contribution in [0.5, 0.6) is 0 Å². The minimum absolute atomic E-state index is 0.298. The van der Waals surface area contributed by atoms with Crippen molar-refractivity contribution >= 4 is 29.1 Å². The summed E-state index contributed by atoms with van der Waals surface area (Å²) < 4.78 is 4.93. The molecule has 0 aliphatic heterocycles. The summed E-state index contributed by atoms with van der Waals surface area (Å²) in [5, 5.41) is 4.34. The van der Waals surface area contributed by atoms with Crippen LogP contribution < -0.4 is 5.32 Å². The first-order valence-electron chi connectivity index (χ1n) is 6.68. The standard InChI is InChI=1S/C13H19N5S2/c1-5-6-14-11-9(4)12(18-10(17-11)8(2)3)19-13-15-7-16-20-13/h7-8H,5-6H2,1-4H3,(H,14,17,18). The molecular weight excluding hydrogens is 290 g/mol. The molecule has 2 aromatic rings. The summed E-state index contributed by atoms with van der Waals surface area (Å²) in [5.74, 6) is 2.09. The zero-order chi connectivity index (χ0) is 14.5. The first kappa shape index (κ1) is 15.2. The lowest BCUT2D eigenvalue weighted by atomic mass is 10.2. The molecule has 7 heteroatoms. The topological polar surface area (TPSA) is 63.6 Å². The van der Waals surface area contributed by atoms with Gasteiger partial charge in [0.25, 0.3) is 0 Å². The van der Waals surface area contributed by atoms with Crippen molar-refractivity contribution in [3.8, 4) is 0 Å². The summed E-state index contributed by atoms with van der Waals surface area (Å²) in [6.45, 7) is 9.31. The Labute approximate surface area is 127 Å². The van der Waals surface area contributed by atoms with Crippen LogP contribution in [0.4, 0.5) is 5.82 Å². The second kappa shape index (κ2) is 6.99. The first-order valence-corrected chi connectivity index (χ1v) is 8.27. The molecule has 2 heterocycles. The lowest BCUT2D eigenvalue weighted by Crippen LogP contribution is -2.09. The van der Waals surface area contributed by atoms with Crippen molar-refractivity contribution in [2.24, 2.45) is 0 Å². The van der Waals surface area contributed by atoms with Gasteiger partial charge in [-0.3, -0.25) is 0 Å². The fraction of sp³-hybridized carbons (Fsp3) is 0.538. The van der Waals surface area contributed by atoms with E-state index in [-0.39, 0.29) is 0 Å². The van der Waals surface area contributed by atoms with Gasteiger partial charge in [-0.05, 0) is 36.6 Å². The van der Waals surface area contributed by atoms with Crippen molar-refractivity contribution in [2.45, 2.75) is 49.4 Å². The van der Waals surface area contributed by atoms with Gasteiger partial charge in [-0.1, -0.05) is 20.8 Å². The van der Waals surface area contributed by atoms with Crippen LogP contribution in [0.1, 0.15) is 44.5 Å². The predicted molar refractivity (Wildman–Crippen MR) is 83.7 cm³/mol. The molecule has 0 unspecified atom stereocenters. The Bertz CT molecular complexity index is 554. The van der Waals surface area contributed by atoms with Gasteiger partial charge in [0.1, 0.15) is 23.0 Å². The number of rotatable bonds is 6. The van der Waals surface area contributed by atoms with Crippen LogP contribution in [0.25, 0.3) is 0 Å². The number of nitrogens with zero attached hydrogens (tertiary/aromatic N) is 4. The molecule has 0 radical (unpaired) electrons. The Morgan fingerprint density at radius 2 is 2.15 bits per heavy atom. The van der Waals surface area contributed by atoms with Crippen molar-refractivity contribution < 1.29 is 0 Å². The van der Waals surface area contributed by atoms with E-state index in [1.54, 1.807) is 18.1 Å². The van der Waals surface area contributed by atoms with E-state index in [0.29, 0.717) is 5.92 Å². The quantitative estimate of drug-likeness (QED) is 0.820. The van der Waals surface area contributed by atoms with Crippen molar-refractivity contribution in [1.82, 2.24) is 19.3 Å². The molecule has 20 heavy (non-hydrogen) atoms. The monoisotopic (exact) mass is 309 g/mol. The molecule has 2 aromatic heterocycles. The summed E-state index contributed by atoms with van der Waals surface area (Å²) in [7, 11) is 0. The van der Waals surface area contributed by atoms with Crippen LogP contribution in [0, 0.1) is 6.92 Å². The van der Waals surface area contributed by atoms with E-state index >= 15 is 0 Å². The molecule has 0 aliphatic rings. The van der Waals surface area contributed by atoms with E-state index in [1.165, 1.54) is 11.5 Å². The van der Waals surface area contributed by atoms with Crippen LogP contribution in [0.15, 0.2) is 15.7 Å². The molecular formula is C13H19N5S2. The molecule has 0 spiro atoms. The SMILES string of the molecule is CCCNc1nc(C(C)C)nc(Sc2ncns2)c1C. The molecule has 0 atom stereocenters. The van der Waals surface area contributed by atoms with Crippen LogP contribution in [0.2, 0.25) is 0 Å². The van der Waals surface area contributed by atoms with Gasteiger partial charge >= 0.3 is 0 Å². The number of nitrogens with one attached hydrogen (secondary N) is 1. The second-order valence-corrected chi connectivity index (χ2v) is 6.77. The molecule has 0 bridgehead atoms. The van der Waals surface area contributed by atoms with Crippen molar-refractivity contribution in [1.29, 1.82) is 0 Å². The number of aromatic nitrogens is 4. The molecule has 1 N–H and O–H groups in total. The van der Waals surface area contributed by atoms with Gasteiger partial charge in [0.05, 0.1) is 0 Å². The maximum absolute atomic E-state index is 4.67. The molecule has 108 valence electrons. The average molecular weight is 309 g/mol. The minimum atomic E-state index is 0.298. The van der Waals surface area contributed by atoms with Crippen LogP contribution in [-0.2, 0) is 0 Å². The lowest BCUT2D eigenvalue weighted by Gasteiger charge is -2.14. The molecule has 0 amide bonds. The number of hydrogen-bond donors (Lipinski definition) is 1. The van der Waals surface area contributed by atoms with Gasteiger partial charge in [-0.25, -0.2) is 15.0 Å². The number of hydrogen-bond acceptors (Lipinski definition) is 7. The van der Waals surface area contributed by atoms with Crippen LogP contribution in [0.3, 0.4) is 0 Å². The predicted octanol–water partition coefficient (Wildman–Crippen LogP) is 3.73. The molecule has 0 aromatic carbocycles. The summed E-state index contributed by atoms with van der Waals surface area (Å²) in [4.78, 5) is 13.5. The van der Waals surface area contributed by atoms with E-state index in [0.717, 1.165) is 39.5 Å². The van der Waals surface area contributed by atoms with Crippen LogP contribution in [-0.4, -0.2) is 25.9 Å². The Hall–Kier alpha value is -1.21. The van der Waals surface area contributed by atoms with E-state index in [1.807, 2.05) is 6.92 Å². The lowest BCUT2D eigenvalue weighted by molar-refractivity contribution is 0.747. The third-order valence-corrected chi connectivity index (χ3v) is 4.51. The van der Waals surface area contributed by atoms with E-state index in [2.05, 4.69) is 45.4 Å². The van der Waals surface area contributed by atoms with E-state index < -0.39 is 0 Å². The highest BCUT2D eigenvalue weighted by atomic mass is 32.2. The van der Waals surface area contributed by atoms with E-state index in [9.17, 15) is 0 Å². The normalized spacial score (nSPS) is 11.1. The Morgan fingerprint density at radius 1 is 1.35 bits per heavy atom. The van der Waals surface area contributed by atoms with Gasteiger partial charge in [-0.2, -0.15) is 4.37 Å². The molecule has 2 rings (SSSR count). The first-order chi connectivity index (χ1) is 9.61. The third kappa shape index (κ3) is 3.67. The summed E-state index contributed by atoms with van der Waals surface area (Å²) in [6, 6.07) is 0. The molecule has 0 aliphatic carbocycles. The van der Waals surface area contributed by atoms with Crippen molar-refractivity contribution in [2.75, 3.05) is 11.9 Å². The fourth-order valence-corrected chi connectivity index (χ4v) is 3.02. The zero-order valence-electron chi connectivity index (χ0n) is 12.2. The van der Waals surface area contributed by atoms with Crippen molar-refractivity contribution in [3.63, 3.8) is 0 Å². The Kier molecular flexibility index (Phi) is 5.31. The molecule has 0 saturated heterocycles. The smallest absolute Gasteiger partial charge is 0.176 e. The Balaban J connectivity index is 2.35. The average Bonchev–Trinajstić information content (AvgIpc) is 2.92. The third-order valence-electron chi connectivity index (χ3n) is 2.70. The highest BCUT2D eigenvalue weighted by molar-refractivity contribution is 8.00. The zero-order valence-corrected chi connectivity index (χ0v) is 13.8. The largest absolute Gasteiger partial charge is 0.370 e. The van der Waals surface area contributed by atoms with Gasteiger partial charge in [0, 0.05) is 18.0 Å². The van der Waals surface area contributed by atoms with Crippen LogP contribution >= 0.6 is 23.3 Å². The second-order valence-electron chi connectivity index (χ2n) is 4.75. The van der Waals surface area contributed by atoms with Gasteiger partial charge in [-0.15, -0.1) is 0 Å². The highest BCUT2D eigenvalue weighted by Gasteiger charge is 2.15. The summed E-state index contributed by atoms with van der Waals surface area (Å²) in [6.07, 6.45) is 2.64. The molecule has 5 nitrogen and oxygen atoms in total. The fourth-order valence-electron chi connectivity index (χ4n) is 1.58. The molecule has 0 saturated carbocycles. The number of anilines is 1. The highest BCUT2D eigenvalue weighted by Crippen LogP contribution is 2.32. The van der Waals surface area contributed by atoms with Gasteiger partial charge in [0.2, 0.25) is 0 Å². The summed E-state index contributed by atoms with van der Waals surface area (Å²) >= 11 is 2.94.